The molecule has 3 heteroatoms. The van der Waals surface area contributed by atoms with Crippen molar-refractivity contribution in [2.45, 2.75) is 63.8 Å². The second-order valence-electron chi connectivity index (χ2n) is 5.99. The molecule has 0 amide bonds. The zero-order valence-electron chi connectivity index (χ0n) is 13.3. The largest absolute Gasteiger partial charge is 0.386 e. The van der Waals surface area contributed by atoms with E-state index in [9.17, 15) is 5.11 Å². The van der Waals surface area contributed by atoms with Crippen LogP contribution >= 0.6 is 0 Å². The first-order chi connectivity index (χ1) is 10.2. The predicted octanol–water partition coefficient (Wildman–Crippen LogP) is 3.65. The number of aryl methyl sites for hydroxylation is 1. The minimum absolute atomic E-state index is 0.220. The van der Waals surface area contributed by atoms with Gasteiger partial charge in [0.05, 0.1) is 18.8 Å². The van der Waals surface area contributed by atoms with Crippen LogP contribution in [0, 0.1) is 0 Å². The highest BCUT2D eigenvalue weighted by atomic mass is 16.5. The number of hydrogen-bond donors (Lipinski definition) is 1. The van der Waals surface area contributed by atoms with E-state index in [0.717, 1.165) is 44.1 Å². The van der Waals surface area contributed by atoms with Crippen LogP contribution in [0.5, 0.6) is 0 Å². The van der Waals surface area contributed by atoms with Gasteiger partial charge in [0.25, 0.3) is 0 Å². The fourth-order valence-electron chi connectivity index (χ4n) is 2.99. The Morgan fingerprint density at radius 1 is 1.19 bits per heavy atom. The summed E-state index contributed by atoms with van der Waals surface area (Å²) in [6.07, 6.45) is 6.51. The lowest BCUT2D eigenvalue weighted by Gasteiger charge is -2.29. The molecule has 0 radical (unpaired) electrons. The van der Waals surface area contributed by atoms with Crippen molar-refractivity contribution >= 4 is 0 Å². The SMILES string of the molecule is CCCc1ccc(C(O)COC2CCCC(OC)C2)cc1. The summed E-state index contributed by atoms with van der Waals surface area (Å²) in [6.45, 7) is 2.54. The van der Waals surface area contributed by atoms with Crippen LogP contribution in [0.15, 0.2) is 24.3 Å². The van der Waals surface area contributed by atoms with Gasteiger partial charge in [0.2, 0.25) is 0 Å². The molecule has 0 spiro atoms. The fraction of sp³-hybridized carbons (Fsp3) is 0.667. The minimum Gasteiger partial charge on any atom is -0.386 e. The molecule has 0 heterocycles. The maximum atomic E-state index is 10.2. The van der Waals surface area contributed by atoms with Gasteiger partial charge in [-0.2, -0.15) is 0 Å². The first kappa shape index (κ1) is 16.5. The second-order valence-corrected chi connectivity index (χ2v) is 5.99. The zero-order valence-corrected chi connectivity index (χ0v) is 13.3. The monoisotopic (exact) mass is 292 g/mol. The van der Waals surface area contributed by atoms with E-state index in [0.29, 0.717) is 12.7 Å². The lowest BCUT2D eigenvalue weighted by atomic mass is 9.95. The Balaban J connectivity index is 1.79. The molecular formula is C18H28O3. The summed E-state index contributed by atoms with van der Waals surface area (Å²) in [4.78, 5) is 0. The van der Waals surface area contributed by atoms with Crippen LogP contribution in [-0.2, 0) is 15.9 Å². The Morgan fingerprint density at radius 2 is 1.90 bits per heavy atom. The van der Waals surface area contributed by atoms with Crippen molar-refractivity contribution in [2.75, 3.05) is 13.7 Å². The predicted molar refractivity (Wildman–Crippen MR) is 84.4 cm³/mol. The summed E-state index contributed by atoms with van der Waals surface area (Å²) >= 11 is 0. The maximum Gasteiger partial charge on any atom is 0.102 e. The number of benzene rings is 1. The van der Waals surface area contributed by atoms with Crippen molar-refractivity contribution in [1.29, 1.82) is 0 Å². The molecule has 1 fully saturated rings. The van der Waals surface area contributed by atoms with Gasteiger partial charge >= 0.3 is 0 Å². The number of ether oxygens (including phenoxy) is 2. The van der Waals surface area contributed by atoms with Crippen LogP contribution in [-0.4, -0.2) is 31.0 Å². The minimum atomic E-state index is -0.538. The van der Waals surface area contributed by atoms with Crippen LogP contribution in [0.4, 0.5) is 0 Å². The van der Waals surface area contributed by atoms with Crippen LogP contribution in [0.3, 0.4) is 0 Å². The molecule has 1 aromatic rings. The normalized spacial score (nSPS) is 24.0. The van der Waals surface area contributed by atoms with Crippen LogP contribution in [0.25, 0.3) is 0 Å². The van der Waals surface area contributed by atoms with Crippen molar-refractivity contribution in [3.63, 3.8) is 0 Å². The fourth-order valence-corrected chi connectivity index (χ4v) is 2.99. The standard InChI is InChI=1S/C18H28O3/c1-3-5-14-8-10-15(11-9-14)18(19)13-21-17-7-4-6-16(12-17)20-2/h8-11,16-19H,3-7,12-13H2,1-2H3. The summed E-state index contributed by atoms with van der Waals surface area (Å²) in [7, 11) is 1.76. The van der Waals surface area contributed by atoms with Crippen LogP contribution < -0.4 is 0 Å². The first-order valence-corrected chi connectivity index (χ1v) is 8.14. The van der Waals surface area contributed by atoms with Crippen molar-refractivity contribution in [3.05, 3.63) is 35.4 Å². The first-order valence-electron chi connectivity index (χ1n) is 8.14. The van der Waals surface area contributed by atoms with Gasteiger partial charge in [0, 0.05) is 7.11 Å². The van der Waals surface area contributed by atoms with Gasteiger partial charge in [0.1, 0.15) is 6.10 Å². The lowest BCUT2D eigenvalue weighted by molar-refractivity contribution is -0.0570. The Hall–Kier alpha value is -0.900. The molecular weight excluding hydrogens is 264 g/mol. The van der Waals surface area contributed by atoms with E-state index >= 15 is 0 Å². The zero-order chi connectivity index (χ0) is 15.1. The Morgan fingerprint density at radius 3 is 2.57 bits per heavy atom. The molecule has 1 aromatic carbocycles. The third-order valence-electron chi connectivity index (χ3n) is 4.30. The number of methoxy groups -OCH3 is 1. The van der Waals surface area contributed by atoms with Gasteiger partial charge in [-0.15, -0.1) is 0 Å². The molecule has 21 heavy (non-hydrogen) atoms. The summed E-state index contributed by atoms with van der Waals surface area (Å²) in [5.41, 5.74) is 2.26. The van der Waals surface area contributed by atoms with E-state index in [1.165, 1.54) is 5.56 Å². The number of hydrogen-bond acceptors (Lipinski definition) is 3. The van der Waals surface area contributed by atoms with Gasteiger partial charge in [-0.05, 0) is 43.2 Å². The average molecular weight is 292 g/mol. The van der Waals surface area contributed by atoms with E-state index in [2.05, 4.69) is 19.1 Å². The van der Waals surface area contributed by atoms with Gasteiger partial charge in [-0.3, -0.25) is 0 Å². The molecule has 1 saturated carbocycles. The number of aliphatic hydroxyl groups excluding tert-OH is 1. The molecule has 3 atom stereocenters. The van der Waals surface area contributed by atoms with Crippen molar-refractivity contribution < 1.29 is 14.6 Å². The molecule has 1 aliphatic rings. The molecule has 0 bridgehead atoms. The smallest absolute Gasteiger partial charge is 0.102 e. The Kier molecular flexibility index (Phi) is 6.68. The molecule has 3 nitrogen and oxygen atoms in total. The number of rotatable bonds is 7. The van der Waals surface area contributed by atoms with E-state index in [1.54, 1.807) is 7.11 Å². The molecule has 0 aliphatic heterocycles. The Bertz CT molecular complexity index is 401. The maximum absolute atomic E-state index is 10.2. The topological polar surface area (TPSA) is 38.7 Å². The second kappa shape index (κ2) is 8.52. The third kappa shape index (κ3) is 5.10. The van der Waals surface area contributed by atoms with Gasteiger partial charge < -0.3 is 14.6 Å². The average Bonchev–Trinajstić information content (AvgIpc) is 2.54. The van der Waals surface area contributed by atoms with Crippen molar-refractivity contribution in [3.8, 4) is 0 Å². The van der Waals surface area contributed by atoms with Gasteiger partial charge in [-0.1, -0.05) is 37.6 Å². The molecule has 1 N–H and O–H groups in total. The molecule has 3 unspecified atom stereocenters. The van der Waals surface area contributed by atoms with Crippen LogP contribution in [0.1, 0.15) is 56.3 Å². The van der Waals surface area contributed by atoms with E-state index in [1.807, 2.05) is 12.1 Å². The summed E-state index contributed by atoms with van der Waals surface area (Å²) in [5, 5.41) is 10.2. The van der Waals surface area contributed by atoms with E-state index in [-0.39, 0.29) is 6.10 Å². The van der Waals surface area contributed by atoms with E-state index < -0.39 is 6.10 Å². The highest BCUT2D eigenvalue weighted by Gasteiger charge is 2.23. The summed E-state index contributed by atoms with van der Waals surface area (Å²) in [6, 6.07) is 8.23. The van der Waals surface area contributed by atoms with Crippen molar-refractivity contribution in [1.82, 2.24) is 0 Å². The summed E-state index contributed by atoms with van der Waals surface area (Å²) < 4.78 is 11.3. The highest BCUT2D eigenvalue weighted by Crippen LogP contribution is 2.24. The van der Waals surface area contributed by atoms with Gasteiger partial charge in [0.15, 0.2) is 0 Å². The third-order valence-corrected chi connectivity index (χ3v) is 4.30. The summed E-state index contributed by atoms with van der Waals surface area (Å²) in [5.74, 6) is 0. The Labute approximate surface area is 128 Å². The molecule has 0 saturated heterocycles. The molecule has 2 rings (SSSR count). The highest BCUT2D eigenvalue weighted by molar-refractivity contribution is 5.24. The van der Waals surface area contributed by atoms with E-state index in [4.69, 9.17) is 9.47 Å². The van der Waals surface area contributed by atoms with Crippen molar-refractivity contribution in [2.24, 2.45) is 0 Å². The van der Waals surface area contributed by atoms with Crippen LogP contribution in [0.2, 0.25) is 0 Å². The molecule has 118 valence electrons. The lowest BCUT2D eigenvalue weighted by Crippen LogP contribution is -2.28. The quantitative estimate of drug-likeness (QED) is 0.833. The van der Waals surface area contributed by atoms with Gasteiger partial charge in [-0.25, -0.2) is 0 Å². The molecule has 0 aromatic heterocycles. The number of aliphatic hydroxyl groups is 1. The molecule has 1 aliphatic carbocycles.